The van der Waals surface area contributed by atoms with Gasteiger partial charge in [0.05, 0.1) is 22.4 Å². The van der Waals surface area contributed by atoms with Crippen molar-refractivity contribution < 1.29 is 9.66 Å². The van der Waals surface area contributed by atoms with E-state index < -0.39 is 16.2 Å². The van der Waals surface area contributed by atoms with Gasteiger partial charge in [0.2, 0.25) is 0 Å². The number of aromatic amines is 1. The Labute approximate surface area is 123 Å². The van der Waals surface area contributed by atoms with E-state index >= 15 is 0 Å². The number of benzene rings is 1. The summed E-state index contributed by atoms with van der Waals surface area (Å²) in [6.45, 7) is 2.15. The molecule has 0 fully saturated rings. The summed E-state index contributed by atoms with van der Waals surface area (Å²) < 4.78 is 5.70. The molecule has 0 aliphatic heterocycles. The third-order valence-corrected chi connectivity index (χ3v) is 2.89. The van der Waals surface area contributed by atoms with Crippen LogP contribution in [0.3, 0.4) is 0 Å². The van der Waals surface area contributed by atoms with Gasteiger partial charge in [0.1, 0.15) is 5.69 Å². The summed E-state index contributed by atoms with van der Waals surface area (Å²) in [7, 11) is 1.28. The lowest BCUT2D eigenvalue weighted by molar-refractivity contribution is -0.383. The van der Waals surface area contributed by atoms with Crippen molar-refractivity contribution in [1.29, 1.82) is 0 Å². The third kappa shape index (κ3) is 2.80. The van der Waals surface area contributed by atoms with Gasteiger partial charge in [-0.3, -0.25) is 24.9 Å². The van der Waals surface area contributed by atoms with Crippen LogP contribution in [0, 0.1) is 10.1 Å². The first-order valence-corrected chi connectivity index (χ1v) is 6.26. The molecule has 2 rings (SSSR count). The Kier molecular flexibility index (Phi) is 4.20. The molecular weight excluding hydrogens is 294 g/mol. The molecule has 0 spiro atoms. The number of hydrazone groups is 1. The van der Waals surface area contributed by atoms with Crippen molar-refractivity contribution in [2.24, 2.45) is 12.1 Å². The Bertz CT molecular complexity index is 867. The van der Waals surface area contributed by atoms with Crippen LogP contribution in [0.15, 0.2) is 26.8 Å². The van der Waals surface area contributed by atoms with Gasteiger partial charge in [-0.15, -0.1) is 5.10 Å². The van der Waals surface area contributed by atoms with Crippen molar-refractivity contribution in [2.45, 2.75) is 6.92 Å². The second kappa shape index (κ2) is 6.08. The number of nitrogens with one attached hydrogen (secondary N) is 2. The number of aromatic nitrogens is 2. The fraction of sp³-hybridized carbons (Fsp3) is 0.250. The monoisotopic (exact) mass is 307 g/mol. The molecule has 10 heteroatoms. The maximum absolute atomic E-state index is 12.0. The first-order valence-electron chi connectivity index (χ1n) is 6.26. The molecule has 0 bridgehead atoms. The zero-order valence-electron chi connectivity index (χ0n) is 11.8. The van der Waals surface area contributed by atoms with Crippen molar-refractivity contribution in [3.05, 3.63) is 43.1 Å². The normalized spacial score (nSPS) is 11.0. The van der Waals surface area contributed by atoms with Gasteiger partial charge in [0.25, 0.3) is 11.2 Å². The van der Waals surface area contributed by atoms with Gasteiger partial charge in [-0.2, -0.15) is 0 Å². The molecule has 0 aliphatic rings. The van der Waals surface area contributed by atoms with E-state index in [1.165, 1.54) is 13.1 Å². The molecule has 22 heavy (non-hydrogen) atoms. The molecule has 2 N–H and O–H groups in total. The van der Waals surface area contributed by atoms with E-state index in [1.807, 2.05) is 0 Å². The lowest BCUT2D eigenvalue weighted by Gasteiger charge is -2.05. The number of nitro benzene ring substituents is 1. The van der Waals surface area contributed by atoms with Gasteiger partial charge in [-0.25, -0.2) is 4.79 Å². The summed E-state index contributed by atoms with van der Waals surface area (Å²) in [5, 5.41) is 14.8. The van der Waals surface area contributed by atoms with E-state index in [-0.39, 0.29) is 22.3 Å². The fourth-order valence-electron chi connectivity index (χ4n) is 1.79. The molecule has 0 amide bonds. The van der Waals surface area contributed by atoms with E-state index in [1.54, 1.807) is 6.92 Å². The molecule has 0 saturated carbocycles. The number of anilines is 1. The van der Waals surface area contributed by atoms with Gasteiger partial charge in [-0.1, -0.05) is 0 Å². The van der Waals surface area contributed by atoms with Gasteiger partial charge in [0, 0.05) is 13.1 Å². The minimum Gasteiger partial charge on any atom is -0.482 e. The summed E-state index contributed by atoms with van der Waals surface area (Å²) in [6, 6.07) is 2.37. The Hall–Kier alpha value is -3.17. The van der Waals surface area contributed by atoms with E-state index in [0.29, 0.717) is 6.61 Å². The topological polar surface area (TPSA) is 132 Å². The van der Waals surface area contributed by atoms with Crippen molar-refractivity contribution in [2.75, 3.05) is 12.0 Å². The molecule has 0 aliphatic carbocycles. The van der Waals surface area contributed by atoms with Crippen LogP contribution >= 0.6 is 0 Å². The predicted octanol–water partition coefficient (Wildman–Crippen LogP) is 0.527. The SMILES string of the molecule is CCO/C=N/Nc1cc2[nH]c(=O)n(C)c(=O)c2cc1[N+](=O)[O-]. The first-order chi connectivity index (χ1) is 10.5. The maximum Gasteiger partial charge on any atom is 0.328 e. The summed E-state index contributed by atoms with van der Waals surface area (Å²) in [4.78, 5) is 36.5. The first kappa shape index (κ1) is 15.2. The van der Waals surface area contributed by atoms with Gasteiger partial charge in [0.15, 0.2) is 6.40 Å². The number of ether oxygens (including phenoxy) is 1. The quantitative estimate of drug-likeness (QED) is 0.358. The zero-order chi connectivity index (χ0) is 16.3. The molecule has 1 heterocycles. The van der Waals surface area contributed by atoms with E-state index in [9.17, 15) is 19.7 Å². The number of nitro groups is 1. The number of hydrogen-bond donors (Lipinski definition) is 2. The van der Waals surface area contributed by atoms with Crippen LogP contribution in [0.2, 0.25) is 0 Å². The summed E-state index contributed by atoms with van der Waals surface area (Å²) >= 11 is 0. The Balaban J connectivity index is 2.63. The van der Waals surface area contributed by atoms with Crippen molar-refractivity contribution in [3.63, 3.8) is 0 Å². The Morgan fingerprint density at radius 1 is 1.50 bits per heavy atom. The van der Waals surface area contributed by atoms with Crippen molar-refractivity contribution >= 4 is 28.7 Å². The Morgan fingerprint density at radius 3 is 2.86 bits per heavy atom. The number of rotatable bonds is 5. The average molecular weight is 307 g/mol. The van der Waals surface area contributed by atoms with Crippen molar-refractivity contribution in [3.8, 4) is 0 Å². The van der Waals surface area contributed by atoms with Crippen LogP contribution in [-0.4, -0.2) is 27.5 Å². The van der Waals surface area contributed by atoms with Crippen LogP contribution < -0.4 is 16.7 Å². The average Bonchev–Trinajstić information content (AvgIpc) is 2.48. The van der Waals surface area contributed by atoms with Gasteiger partial charge in [-0.05, 0) is 13.0 Å². The minimum absolute atomic E-state index is 0.0253. The Morgan fingerprint density at radius 2 is 2.23 bits per heavy atom. The second-order valence-electron chi connectivity index (χ2n) is 4.27. The lowest BCUT2D eigenvalue weighted by Crippen LogP contribution is -2.32. The van der Waals surface area contributed by atoms with Gasteiger partial charge >= 0.3 is 5.69 Å². The molecular formula is C12H13N5O5. The molecule has 2 aromatic rings. The van der Waals surface area contributed by atoms with Crippen LogP contribution in [0.4, 0.5) is 11.4 Å². The maximum atomic E-state index is 12.0. The largest absolute Gasteiger partial charge is 0.482 e. The summed E-state index contributed by atoms with van der Waals surface area (Å²) in [6.07, 6.45) is 1.10. The standard InChI is InChI=1S/C12H13N5O5/c1-3-22-6-13-15-9-5-8-7(4-10(9)17(20)21)11(18)16(2)12(19)14-8/h4-6,15H,3H2,1-2H3,(H,14,19)/b13-6+. The summed E-state index contributed by atoms with van der Waals surface area (Å²) in [5.41, 5.74) is 1.07. The van der Waals surface area contributed by atoms with Gasteiger partial charge < -0.3 is 9.72 Å². The van der Waals surface area contributed by atoms with Crippen molar-refractivity contribution in [1.82, 2.24) is 9.55 Å². The smallest absolute Gasteiger partial charge is 0.328 e. The van der Waals surface area contributed by atoms with E-state index in [0.717, 1.165) is 17.0 Å². The van der Waals surface area contributed by atoms with Crippen LogP contribution in [0.25, 0.3) is 10.9 Å². The third-order valence-electron chi connectivity index (χ3n) is 2.89. The molecule has 1 aromatic carbocycles. The lowest BCUT2D eigenvalue weighted by atomic mass is 10.2. The zero-order valence-corrected chi connectivity index (χ0v) is 11.8. The molecule has 10 nitrogen and oxygen atoms in total. The molecule has 0 atom stereocenters. The second-order valence-corrected chi connectivity index (χ2v) is 4.27. The predicted molar refractivity (Wildman–Crippen MR) is 80.2 cm³/mol. The molecule has 0 unspecified atom stereocenters. The fourth-order valence-corrected chi connectivity index (χ4v) is 1.79. The number of nitrogens with zero attached hydrogens (tertiary/aromatic N) is 3. The number of H-pyrrole nitrogens is 1. The highest BCUT2D eigenvalue weighted by atomic mass is 16.6. The van der Waals surface area contributed by atoms with Crippen LogP contribution in [-0.2, 0) is 11.8 Å². The molecule has 0 radical (unpaired) electrons. The molecule has 116 valence electrons. The highest BCUT2D eigenvalue weighted by molar-refractivity contribution is 5.86. The molecule has 1 aromatic heterocycles. The minimum atomic E-state index is -0.650. The number of hydrogen-bond acceptors (Lipinski definition) is 7. The van der Waals surface area contributed by atoms with E-state index in [4.69, 9.17) is 4.74 Å². The molecule has 0 saturated heterocycles. The van der Waals surface area contributed by atoms with Crippen LogP contribution in [0.5, 0.6) is 0 Å². The number of fused-ring (bicyclic) bond motifs is 1. The van der Waals surface area contributed by atoms with E-state index in [2.05, 4.69) is 15.5 Å². The highest BCUT2D eigenvalue weighted by Gasteiger charge is 2.17. The van der Waals surface area contributed by atoms with Crippen LogP contribution in [0.1, 0.15) is 6.92 Å². The highest BCUT2D eigenvalue weighted by Crippen LogP contribution is 2.27. The summed E-state index contributed by atoms with van der Waals surface area (Å²) in [5.74, 6) is 0.